The summed E-state index contributed by atoms with van der Waals surface area (Å²) in [7, 11) is 1.60. The van der Waals surface area contributed by atoms with Crippen LogP contribution in [0, 0.1) is 0 Å². The number of nitrogens with zero attached hydrogens (tertiary/aromatic N) is 4. The summed E-state index contributed by atoms with van der Waals surface area (Å²) in [5, 5.41) is 10.7. The quantitative estimate of drug-likeness (QED) is 0.660. The van der Waals surface area contributed by atoms with Crippen molar-refractivity contribution in [3.05, 3.63) is 24.5 Å². The van der Waals surface area contributed by atoms with Crippen molar-refractivity contribution >= 4 is 22.7 Å². The predicted octanol–water partition coefficient (Wildman–Crippen LogP) is 1.57. The van der Waals surface area contributed by atoms with E-state index in [1.807, 2.05) is 18.3 Å². The lowest BCUT2D eigenvalue weighted by Crippen LogP contribution is -2.32. The lowest BCUT2D eigenvalue weighted by Gasteiger charge is -2.26. The van der Waals surface area contributed by atoms with E-state index in [1.165, 1.54) is 0 Å². The molecule has 0 bridgehead atoms. The van der Waals surface area contributed by atoms with Crippen LogP contribution in [0.25, 0.3) is 22.3 Å². The van der Waals surface area contributed by atoms with E-state index in [2.05, 4.69) is 24.8 Å². The second-order valence-corrected chi connectivity index (χ2v) is 6.08. The van der Waals surface area contributed by atoms with E-state index in [-0.39, 0.29) is 18.6 Å². The molecule has 3 aromatic rings. The van der Waals surface area contributed by atoms with Crippen molar-refractivity contribution in [3.63, 3.8) is 0 Å². The number of methoxy groups -OCH3 is 1. The molecule has 4 rings (SSSR count). The van der Waals surface area contributed by atoms with Crippen LogP contribution in [-0.2, 0) is 0 Å². The van der Waals surface area contributed by atoms with Crippen molar-refractivity contribution in [2.45, 2.75) is 18.9 Å². The summed E-state index contributed by atoms with van der Waals surface area (Å²) in [6.45, 7) is 0.996. The average Bonchev–Trinajstić information content (AvgIpc) is 3.27. The summed E-state index contributed by atoms with van der Waals surface area (Å²) in [6, 6.07) is 3.83. The third-order valence-corrected chi connectivity index (χ3v) is 4.65. The fraction of sp³-hybridized carbons (Fsp3) is 0.353. The second kappa shape index (κ2) is 6.21. The van der Waals surface area contributed by atoms with Crippen LogP contribution in [0.15, 0.2) is 24.5 Å². The number of hydrogen-bond donors (Lipinski definition) is 3. The number of aromatic nitrogens is 4. The SMILES string of the molecule is COc1cc(N2CCC[C@H]2CO)c2c(-c3ccnc(N)n3)c[nH]c2n1. The molecule has 1 atom stereocenters. The second-order valence-electron chi connectivity index (χ2n) is 6.08. The standard InChI is InChI=1S/C17H20N6O2/c1-25-14-7-13(23-6-2-3-10(23)9-24)15-11(8-20-16(15)22-14)12-4-5-19-17(18)21-12/h4-5,7-8,10,24H,2-3,6,9H2,1H3,(H,20,22)(H2,18,19,21)/t10-/m0/s1. The fourth-order valence-electron chi connectivity index (χ4n) is 3.49. The lowest BCUT2D eigenvalue weighted by atomic mass is 10.1. The van der Waals surface area contributed by atoms with Crippen molar-refractivity contribution < 1.29 is 9.84 Å². The molecule has 0 aromatic carbocycles. The molecule has 130 valence electrons. The van der Waals surface area contributed by atoms with Crippen LogP contribution < -0.4 is 15.4 Å². The Balaban J connectivity index is 1.94. The molecule has 0 unspecified atom stereocenters. The number of aliphatic hydroxyl groups excluding tert-OH is 1. The number of rotatable bonds is 4. The Bertz CT molecular complexity index is 909. The predicted molar refractivity (Wildman–Crippen MR) is 95.5 cm³/mol. The van der Waals surface area contributed by atoms with Crippen LogP contribution in [0.1, 0.15) is 12.8 Å². The van der Waals surface area contributed by atoms with Crippen LogP contribution in [0.2, 0.25) is 0 Å². The van der Waals surface area contributed by atoms with Gasteiger partial charge < -0.3 is 25.5 Å². The van der Waals surface area contributed by atoms with E-state index in [0.717, 1.165) is 41.7 Å². The number of pyridine rings is 1. The van der Waals surface area contributed by atoms with Gasteiger partial charge in [0, 0.05) is 30.6 Å². The maximum absolute atomic E-state index is 9.74. The van der Waals surface area contributed by atoms with Crippen LogP contribution >= 0.6 is 0 Å². The van der Waals surface area contributed by atoms with Crippen molar-refractivity contribution in [2.75, 3.05) is 30.9 Å². The molecular weight excluding hydrogens is 320 g/mol. The molecule has 4 N–H and O–H groups in total. The van der Waals surface area contributed by atoms with E-state index in [4.69, 9.17) is 10.5 Å². The number of hydrogen-bond acceptors (Lipinski definition) is 7. The molecule has 3 aromatic heterocycles. The fourth-order valence-corrected chi connectivity index (χ4v) is 3.49. The first-order valence-corrected chi connectivity index (χ1v) is 8.23. The third-order valence-electron chi connectivity index (χ3n) is 4.65. The number of aromatic amines is 1. The molecule has 0 aliphatic carbocycles. The van der Waals surface area contributed by atoms with Crippen molar-refractivity contribution in [1.82, 2.24) is 19.9 Å². The van der Waals surface area contributed by atoms with E-state index in [9.17, 15) is 5.11 Å². The summed E-state index contributed by atoms with van der Waals surface area (Å²) in [4.78, 5) is 18.2. The topological polar surface area (TPSA) is 113 Å². The summed E-state index contributed by atoms with van der Waals surface area (Å²) < 4.78 is 5.36. The van der Waals surface area contributed by atoms with Gasteiger partial charge in [-0.25, -0.2) is 9.97 Å². The first-order chi connectivity index (χ1) is 12.2. The molecule has 0 amide bonds. The van der Waals surface area contributed by atoms with Gasteiger partial charge in [-0.05, 0) is 18.9 Å². The van der Waals surface area contributed by atoms with Crippen molar-refractivity contribution in [1.29, 1.82) is 0 Å². The molecule has 25 heavy (non-hydrogen) atoms. The zero-order chi connectivity index (χ0) is 17.4. The normalized spacial score (nSPS) is 17.4. The Labute approximate surface area is 144 Å². The Morgan fingerprint density at radius 3 is 3.08 bits per heavy atom. The smallest absolute Gasteiger partial charge is 0.220 e. The molecule has 1 saturated heterocycles. The molecule has 4 heterocycles. The monoisotopic (exact) mass is 340 g/mol. The molecule has 0 spiro atoms. The summed E-state index contributed by atoms with van der Waals surface area (Å²) in [5.74, 6) is 0.756. The minimum Gasteiger partial charge on any atom is -0.481 e. The Kier molecular flexibility index (Phi) is 3.89. The first kappa shape index (κ1) is 15.6. The first-order valence-electron chi connectivity index (χ1n) is 8.23. The van der Waals surface area contributed by atoms with Crippen molar-refractivity contribution in [3.8, 4) is 17.1 Å². The van der Waals surface area contributed by atoms with Crippen LogP contribution in [0.4, 0.5) is 11.6 Å². The number of anilines is 2. The highest BCUT2D eigenvalue weighted by atomic mass is 16.5. The Morgan fingerprint density at radius 2 is 2.32 bits per heavy atom. The van der Waals surface area contributed by atoms with Gasteiger partial charge in [0.25, 0.3) is 0 Å². The summed E-state index contributed by atoms with van der Waals surface area (Å²) >= 11 is 0. The number of ether oxygens (including phenoxy) is 1. The maximum atomic E-state index is 9.74. The lowest BCUT2D eigenvalue weighted by molar-refractivity contribution is 0.266. The van der Waals surface area contributed by atoms with E-state index in [1.54, 1.807) is 13.3 Å². The zero-order valence-corrected chi connectivity index (χ0v) is 13.9. The number of aliphatic hydroxyl groups is 1. The van der Waals surface area contributed by atoms with Crippen LogP contribution in [0.3, 0.4) is 0 Å². The molecule has 0 radical (unpaired) electrons. The Morgan fingerprint density at radius 1 is 1.44 bits per heavy atom. The molecule has 0 saturated carbocycles. The van der Waals surface area contributed by atoms with E-state index >= 15 is 0 Å². The van der Waals surface area contributed by atoms with Gasteiger partial charge in [-0.3, -0.25) is 0 Å². The molecule has 1 aliphatic rings. The average molecular weight is 340 g/mol. The number of nitrogen functional groups attached to an aromatic ring is 1. The molecule has 8 nitrogen and oxygen atoms in total. The van der Waals surface area contributed by atoms with Gasteiger partial charge in [-0.1, -0.05) is 0 Å². The molecular formula is C17H20N6O2. The number of H-pyrrole nitrogens is 1. The zero-order valence-electron chi connectivity index (χ0n) is 13.9. The van der Waals surface area contributed by atoms with Crippen molar-refractivity contribution in [2.24, 2.45) is 0 Å². The minimum absolute atomic E-state index is 0.0912. The number of fused-ring (bicyclic) bond motifs is 1. The molecule has 1 fully saturated rings. The Hall–Kier alpha value is -2.87. The van der Waals surface area contributed by atoms with Gasteiger partial charge >= 0.3 is 0 Å². The highest BCUT2D eigenvalue weighted by Gasteiger charge is 2.28. The van der Waals surface area contributed by atoms with Gasteiger partial charge in [-0.15, -0.1) is 0 Å². The van der Waals surface area contributed by atoms with Gasteiger partial charge in [0.1, 0.15) is 5.65 Å². The minimum atomic E-state index is 0.0912. The van der Waals surface area contributed by atoms with Gasteiger partial charge in [0.15, 0.2) is 0 Å². The van der Waals surface area contributed by atoms with Gasteiger partial charge in [-0.2, -0.15) is 4.98 Å². The maximum Gasteiger partial charge on any atom is 0.220 e. The van der Waals surface area contributed by atoms with Crippen LogP contribution in [-0.4, -0.2) is 51.3 Å². The van der Waals surface area contributed by atoms with E-state index < -0.39 is 0 Å². The molecule has 1 aliphatic heterocycles. The van der Waals surface area contributed by atoms with Gasteiger partial charge in [0.05, 0.1) is 36.5 Å². The number of nitrogens with one attached hydrogen (secondary N) is 1. The third kappa shape index (κ3) is 2.64. The number of nitrogens with two attached hydrogens (primary N) is 1. The summed E-state index contributed by atoms with van der Waals surface area (Å²) in [6.07, 6.45) is 5.51. The van der Waals surface area contributed by atoms with Crippen LogP contribution in [0.5, 0.6) is 5.88 Å². The van der Waals surface area contributed by atoms with E-state index in [0.29, 0.717) is 11.5 Å². The van der Waals surface area contributed by atoms with Gasteiger partial charge in [0.2, 0.25) is 11.8 Å². The largest absolute Gasteiger partial charge is 0.481 e. The molecule has 8 heteroatoms. The highest BCUT2D eigenvalue weighted by Crippen LogP contribution is 2.39. The highest BCUT2D eigenvalue weighted by molar-refractivity contribution is 6.02. The summed E-state index contributed by atoms with van der Waals surface area (Å²) in [5.41, 5.74) is 9.07.